The topological polar surface area (TPSA) is 140 Å². The summed E-state index contributed by atoms with van der Waals surface area (Å²) in [4.78, 5) is 49.8. The number of benzene rings is 1. The van der Waals surface area contributed by atoms with E-state index in [0.29, 0.717) is 30.8 Å². The molecule has 5 rings (SSSR count). The van der Waals surface area contributed by atoms with Gasteiger partial charge in [0.15, 0.2) is 0 Å². The summed E-state index contributed by atoms with van der Waals surface area (Å²) in [5.74, 6) is -2.36. The van der Waals surface area contributed by atoms with Gasteiger partial charge in [0.2, 0.25) is 17.7 Å². The fraction of sp³-hybridized carbons (Fsp3) is 0.500. The maximum absolute atomic E-state index is 13.6. The molecule has 11 nitrogen and oxygen atoms in total. The van der Waals surface area contributed by atoms with E-state index < -0.39 is 35.4 Å². The molecule has 2 heterocycles. The lowest BCUT2D eigenvalue weighted by atomic mass is 9.93. The van der Waals surface area contributed by atoms with E-state index in [2.05, 4.69) is 15.3 Å². The fourth-order valence-corrected chi connectivity index (χ4v) is 5.85. The molecule has 1 aliphatic heterocycles. The summed E-state index contributed by atoms with van der Waals surface area (Å²) in [7, 11) is 4.80. The Labute approximate surface area is 238 Å². The van der Waals surface area contributed by atoms with Crippen molar-refractivity contribution in [2.24, 2.45) is 17.8 Å². The van der Waals surface area contributed by atoms with Gasteiger partial charge in [0.25, 0.3) is 0 Å². The van der Waals surface area contributed by atoms with Gasteiger partial charge in [0.05, 0.1) is 31.7 Å². The third-order valence-electron chi connectivity index (χ3n) is 8.29. The zero-order chi connectivity index (χ0) is 29.1. The van der Waals surface area contributed by atoms with Crippen LogP contribution in [-0.2, 0) is 14.4 Å². The number of ether oxygens (including phenoxy) is 3. The van der Waals surface area contributed by atoms with Crippen molar-refractivity contribution in [1.29, 1.82) is 0 Å². The molecular formula is C30H36N4O7. The standard InChI is InChI=1S/C30H36N4O7/c1-34-12-7-5-4-6-10-19-17-30(19,28(37)38)33-26(35)22-14-21(15-23(22)27(34)36)41-25-16-24(31-29(32-25)40-3)18-9-8-11-20(13-18)39-2/h6,8-11,13,16,19,21-23H,4-5,7,12,14-15,17H2,1-3H3,(H,33,35)(H,37,38). The van der Waals surface area contributed by atoms with Crippen molar-refractivity contribution < 1.29 is 33.7 Å². The van der Waals surface area contributed by atoms with Crippen molar-refractivity contribution in [1.82, 2.24) is 20.2 Å². The van der Waals surface area contributed by atoms with Gasteiger partial charge in [-0.1, -0.05) is 24.3 Å². The Balaban J connectivity index is 1.40. The molecule has 1 aromatic carbocycles. The maximum Gasteiger partial charge on any atom is 0.330 e. The lowest BCUT2D eigenvalue weighted by Gasteiger charge is -2.26. The highest BCUT2D eigenvalue weighted by Crippen LogP contribution is 2.46. The van der Waals surface area contributed by atoms with Crippen LogP contribution in [0.1, 0.15) is 38.5 Å². The molecule has 2 saturated carbocycles. The van der Waals surface area contributed by atoms with Crippen molar-refractivity contribution >= 4 is 17.8 Å². The van der Waals surface area contributed by atoms with Crippen LogP contribution in [0.2, 0.25) is 0 Å². The molecule has 41 heavy (non-hydrogen) atoms. The predicted octanol–water partition coefficient (Wildman–Crippen LogP) is 3.09. The smallest absolute Gasteiger partial charge is 0.330 e. The minimum absolute atomic E-state index is 0.113. The molecular weight excluding hydrogens is 528 g/mol. The fourth-order valence-electron chi connectivity index (χ4n) is 5.85. The lowest BCUT2D eigenvalue weighted by molar-refractivity contribution is -0.145. The van der Waals surface area contributed by atoms with E-state index in [4.69, 9.17) is 14.2 Å². The van der Waals surface area contributed by atoms with Crippen LogP contribution in [0.15, 0.2) is 42.5 Å². The Morgan fingerprint density at radius 1 is 1.10 bits per heavy atom. The number of carboxylic acids is 1. The summed E-state index contributed by atoms with van der Waals surface area (Å²) in [6, 6.07) is 9.19. The molecule has 2 aliphatic carbocycles. The summed E-state index contributed by atoms with van der Waals surface area (Å²) < 4.78 is 16.9. The number of carbonyl (C=O) groups excluding carboxylic acids is 2. The number of carboxylic acid groups (broad SMARTS) is 1. The quantitative estimate of drug-likeness (QED) is 0.507. The Bertz CT molecular complexity index is 1350. The van der Waals surface area contributed by atoms with Crippen LogP contribution >= 0.6 is 0 Å². The van der Waals surface area contributed by atoms with Crippen molar-refractivity contribution in [3.8, 4) is 28.9 Å². The number of carbonyl (C=O) groups is 3. The summed E-state index contributed by atoms with van der Waals surface area (Å²) in [6.07, 6.45) is 6.75. The first-order chi connectivity index (χ1) is 19.7. The zero-order valence-electron chi connectivity index (χ0n) is 23.5. The number of hydrogen-bond donors (Lipinski definition) is 2. The monoisotopic (exact) mass is 564 g/mol. The van der Waals surface area contributed by atoms with E-state index in [9.17, 15) is 19.5 Å². The van der Waals surface area contributed by atoms with Crippen LogP contribution in [0.25, 0.3) is 11.3 Å². The normalized spacial score (nSPS) is 28.1. The van der Waals surface area contributed by atoms with Crippen molar-refractivity contribution in [3.05, 3.63) is 42.5 Å². The summed E-state index contributed by atoms with van der Waals surface area (Å²) in [5.41, 5.74) is 0.00621. The second-order valence-electron chi connectivity index (χ2n) is 11.0. The van der Waals surface area contributed by atoms with Crippen molar-refractivity contribution in [2.75, 3.05) is 27.8 Å². The highest BCUT2D eigenvalue weighted by Gasteiger charge is 2.61. The molecule has 0 spiro atoms. The van der Waals surface area contributed by atoms with Gasteiger partial charge < -0.3 is 29.5 Å². The molecule has 0 radical (unpaired) electrons. The second-order valence-corrected chi connectivity index (χ2v) is 11.0. The van der Waals surface area contributed by atoms with Crippen LogP contribution in [0, 0.1) is 17.8 Å². The van der Waals surface area contributed by atoms with Crippen LogP contribution in [0.3, 0.4) is 0 Å². The van der Waals surface area contributed by atoms with E-state index in [-0.39, 0.29) is 30.1 Å². The zero-order valence-corrected chi connectivity index (χ0v) is 23.5. The highest BCUT2D eigenvalue weighted by molar-refractivity contribution is 5.94. The molecule has 5 atom stereocenters. The average molecular weight is 565 g/mol. The van der Waals surface area contributed by atoms with E-state index in [1.807, 2.05) is 36.4 Å². The molecule has 0 bridgehead atoms. The van der Waals surface area contributed by atoms with Crippen LogP contribution < -0.4 is 19.5 Å². The number of hydrogen-bond acceptors (Lipinski definition) is 8. The maximum atomic E-state index is 13.6. The molecule has 0 saturated heterocycles. The number of aliphatic carboxylic acids is 1. The molecule has 218 valence electrons. The molecule has 2 aromatic rings. The number of nitrogens with zero attached hydrogens (tertiary/aromatic N) is 3. The number of nitrogens with one attached hydrogen (secondary N) is 1. The van der Waals surface area contributed by atoms with Crippen LogP contribution in [0.5, 0.6) is 17.6 Å². The van der Waals surface area contributed by atoms with E-state index in [1.54, 1.807) is 25.1 Å². The Kier molecular flexibility index (Phi) is 8.14. The first-order valence-electron chi connectivity index (χ1n) is 13.9. The second kappa shape index (κ2) is 11.8. The Hall–Kier alpha value is -4.15. The third kappa shape index (κ3) is 5.98. The molecule has 3 aliphatic rings. The summed E-state index contributed by atoms with van der Waals surface area (Å²) in [6.45, 7) is 0.582. The molecule has 2 amide bonds. The van der Waals surface area contributed by atoms with Gasteiger partial charge in [-0.2, -0.15) is 9.97 Å². The number of fused-ring (bicyclic) bond motifs is 2. The lowest BCUT2D eigenvalue weighted by Crippen LogP contribution is -2.49. The van der Waals surface area contributed by atoms with E-state index in [0.717, 1.165) is 24.8 Å². The van der Waals surface area contributed by atoms with Crippen molar-refractivity contribution in [3.63, 3.8) is 0 Å². The molecule has 1 aromatic heterocycles. The van der Waals surface area contributed by atoms with E-state index >= 15 is 0 Å². The summed E-state index contributed by atoms with van der Waals surface area (Å²) >= 11 is 0. The van der Waals surface area contributed by atoms with Gasteiger partial charge in [-0.05, 0) is 50.7 Å². The first-order valence-corrected chi connectivity index (χ1v) is 13.9. The molecule has 11 heteroatoms. The highest BCUT2D eigenvalue weighted by atomic mass is 16.5. The van der Waals surface area contributed by atoms with Gasteiger partial charge in [0.1, 0.15) is 17.4 Å². The molecule has 5 unspecified atom stereocenters. The molecule has 2 N–H and O–H groups in total. The Morgan fingerprint density at radius 3 is 2.66 bits per heavy atom. The van der Waals surface area contributed by atoms with Crippen molar-refractivity contribution in [2.45, 2.75) is 50.2 Å². The number of aromatic nitrogens is 2. The van der Waals surface area contributed by atoms with Gasteiger partial charge in [-0.3, -0.25) is 9.59 Å². The van der Waals surface area contributed by atoms with Gasteiger partial charge in [0, 0.05) is 31.1 Å². The number of rotatable bonds is 6. The minimum Gasteiger partial charge on any atom is -0.497 e. The van der Waals surface area contributed by atoms with Gasteiger partial charge in [-0.25, -0.2) is 4.79 Å². The number of allylic oxidation sites excluding steroid dienone is 1. The van der Waals surface area contributed by atoms with Crippen LogP contribution in [0.4, 0.5) is 0 Å². The van der Waals surface area contributed by atoms with Gasteiger partial charge >= 0.3 is 12.0 Å². The summed E-state index contributed by atoms with van der Waals surface area (Å²) in [5, 5.41) is 12.8. The third-order valence-corrected chi connectivity index (χ3v) is 8.29. The first kappa shape index (κ1) is 28.4. The number of methoxy groups -OCH3 is 2. The van der Waals surface area contributed by atoms with Crippen LogP contribution in [-0.4, -0.2) is 77.2 Å². The average Bonchev–Trinajstić information content (AvgIpc) is 3.51. The predicted molar refractivity (Wildman–Crippen MR) is 148 cm³/mol. The number of amides is 2. The Morgan fingerprint density at radius 2 is 1.90 bits per heavy atom. The minimum atomic E-state index is -1.33. The van der Waals surface area contributed by atoms with E-state index in [1.165, 1.54) is 7.11 Å². The SMILES string of the molecule is COc1cccc(-c2cc(OC3CC4C(=O)NC5(C(=O)O)CC5C=CCCCCN(C)C(=O)C4C3)nc(OC)n2)c1. The largest absolute Gasteiger partial charge is 0.497 e. The van der Waals surface area contributed by atoms with Gasteiger partial charge in [-0.15, -0.1) is 0 Å². The molecule has 2 fully saturated rings.